The lowest BCUT2D eigenvalue weighted by atomic mass is 9.95. The van der Waals surface area contributed by atoms with E-state index in [1.165, 1.54) is 0 Å². The number of rotatable bonds is 6. The predicted octanol–water partition coefficient (Wildman–Crippen LogP) is 0.186. The van der Waals surface area contributed by atoms with Crippen molar-refractivity contribution < 1.29 is 9.53 Å². The Bertz CT molecular complexity index is 307. The first kappa shape index (κ1) is 15.8. The monoisotopic (exact) mass is 270 g/mol. The highest BCUT2D eigenvalue weighted by Gasteiger charge is 2.23. The average Bonchev–Trinajstić information content (AvgIpc) is 2.38. The number of likely N-dealkylation sites (tertiary alicyclic amines) is 1. The van der Waals surface area contributed by atoms with E-state index in [0.717, 1.165) is 45.0 Å². The van der Waals surface area contributed by atoms with E-state index in [9.17, 15) is 4.79 Å². The molecule has 1 saturated heterocycles. The van der Waals surface area contributed by atoms with Crippen LogP contribution >= 0.6 is 0 Å². The Morgan fingerprint density at radius 3 is 3.00 bits per heavy atom. The van der Waals surface area contributed by atoms with E-state index < -0.39 is 0 Å². The van der Waals surface area contributed by atoms with Crippen molar-refractivity contribution in [3.63, 3.8) is 0 Å². The Labute approximate surface area is 115 Å². The third-order valence-electron chi connectivity index (χ3n) is 3.25. The van der Waals surface area contributed by atoms with Crippen LogP contribution in [0, 0.1) is 5.92 Å². The van der Waals surface area contributed by atoms with Crippen molar-refractivity contribution in [2.45, 2.75) is 26.2 Å². The van der Waals surface area contributed by atoms with E-state index in [0.29, 0.717) is 18.9 Å². The largest absolute Gasteiger partial charge is 0.380 e. The van der Waals surface area contributed by atoms with Gasteiger partial charge in [-0.25, -0.2) is 0 Å². The fourth-order valence-electron chi connectivity index (χ4n) is 2.42. The first-order chi connectivity index (χ1) is 9.17. The minimum atomic E-state index is -0.217. The van der Waals surface area contributed by atoms with E-state index in [1.54, 1.807) is 7.05 Å². The summed E-state index contributed by atoms with van der Waals surface area (Å²) in [6.07, 6.45) is 2.60. The topological polar surface area (TPSA) is 79.9 Å². The van der Waals surface area contributed by atoms with E-state index >= 15 is 0 Å². The van der Waals surface area contributed by atoms with E-state index in [2.05, 4.69) is 15.2 Å². The zero-order chi connectivity index (χ0) is 14.1. The second-order valence-corrected chi connectivity index (χ2v) is 4.80. The van der Waals surface area contributed by atoms with Gasteiger partial charge >= 0.3 is 0 Å². The van der Waals surface area contributed by atoms with Crippen LogP contribution in [0.5, 0.6) is 0 Å². The fourth-order valence-corrected chi connectivity index (χ4v) is 2.42. The van der Waals surface area contributed by atoms with Gasteiger partial charge in [-0.2, -0.15) is 0 Å². The van der Waals surface area contributed by atoms with Gasteiger partial charge < -0.3 is 20.7 Å². The van der Waals surface area contributed by atoms with Crippen molar-refractivity contribution in [2.24, 2.45) is 16.6 Å². The Morgan fingerprint density at radius 1 is 1.58 bits per heavy atom. The molecule has 1 amide bonds. The number of piperidine rings is 1. The standard InChI is InChI=1S/C13H26N4O2/c1-3-19-8-6-16-13(15-2)17-7-4-5-11(10-17)9-12(14)18/h11H,3-10H2,1-2H3,(H2,14,18)(H,15,16). The second-order valence-electron chi connectivity index (χ2n) is 4.80. The number of nitrogens with two attached hydrogens (primary N) is 1. The van der Waals surface area contributed by atoms with Gasteiger partial charge in [-0.1, -0.05) is 0 Å². The summed E-state index contributed by atoms with van der Waals surface area (Å²) in [4.78, 5) is 17.5. The summed E-state index contributed by atoms with van der Waals surface area (Å²) in [5.41, 5.74) is 5.27. The third kappa shape index (κ3) is 5.92. The van der Waals surface area contributed by atoms with Crippen molar-refractivity contribution in [3.05, 3.63) is 0 Å². The smallest absolute Gasteiger partial charge is 0.217 e. The van der Waals surface area contributed by atoms with Crippen molar-refractivity contribution >= 4 is 11.9 Å². The van der Waals surface area contributed by atoms with E-state index in [4.69, 9.17) is 10.5 Å². The first-order valence-corrected chi connectivity index (χ1v) is 6.99. The molecule has 1 aliphatic heterocycles. The molecule has 6 nitrogen and oxygen atoms in total. The summed E-state index contributed by atoms with van der Waals surface area (Å²) in [6, 6.07) is 0. The molecule has 0 radical (unpaired) electrons. The Morgan fingerprint density at radius 2 is 2.37 bits per heavy atom. The number of ether oxygens (including phenoxy) is 1. The number of aliphatic imine (C=N–C) groups is 1. The molecule has 1 aliphatic rings. The van der Waals surface area contributed by atoms with Crippen LogP contribution in [0.4, 0.5) is 0 Å². The van der Waals surface area contributed by atoms with Crippen LogP contribution in [0.2, 0.25) is 0 Å². The summed E-state index contributed by atoms with van der Waals surface area (Å²) >= 11 is 0. The highest BCUT2D eigenvalue weighted by Crippen LogP contribution is 2.19. The molecule has 0 aromatic rings. The highest BCUT2D eigenvalue weighted by molar-refractivity contribution is 5.80. The van der Waals surface area contributed by atoms with Crippen LogP contribution in [0.1, 0.15) is 26.2 Å². The summed E-state index contributed by atoms with van der Waals surface area (Å²) in [5.74, 6) is 1.01. The number of carbonyl (C=O) groups excluding carboxylic acids is 1. The van der Waals surface area contributed by atoms with Crippen LogP contribution in [0.15, 0.2) is 4.99 Å². The molecule has 6 heteroatoms. The number of nitrogens with one attached hydrogen (secondary N) is 1. The maximum atomic E-state index is 11.0. The molecule has 1 unspecified atom stereocenters. The van der Waals surface area contributed by atoms with Gasteiger partial charge in [-0.3, -0.25) is 9.79 Å². The maximum absolute atomic E-state index is 11.0. The van der Waals surface area contributed by atoms with Gasteiger partial charge in [0, 0.05) is 39.7 Å². The molecule has 0 saturated carbocycles. The lowest BCUT2D eigenvalue weighted by Gasteiger charge is -2.34. The zero-order valence-corrected chi connectivity index (χ0v) is 12.0. The lowest BCUT2D eigenvalue weighted by Crippen LogP contribution is -2.47. The van der Waals surface area contributed by atoms with E-state index in [-0.39, 0.29) is 5.91 Å². The molecule has 0 aromatic carbocycles. The van der Waals surface area contributed by atoms with Crippen LogP contribution in [-0.2, 0) is 9.53 Å². The number of guanidine groups is 1. The molecule has 110 valence electrons. The summed E-state index contributed by atoms with van der Waals surface area (Å²) < 4.78 is 5.29. The maximum Gasteiger partial charge on any atom is 0.217 e. The number of primary amides is 1. The molecule has 0 spiro atoms. The molecular weight excluding hydrogens is 244 g/mol. The zero-order valence-electron chi connectivity index (χ0n) is 12.0. The Hall–Kier alpha value is -1.30. The summed E-state index contributed by atoms with van der Waals surface area (Å²) in [7, 11) is 1.78. The van der Waals surface area contributed by atoms with Crippen molar-refractivity contribution in [3.8, 4) is 0 Å². The van der Waals surface area contributed by atoms with Gasteiger partial charge in [0.25, 0.3) is 0 Å². The lowest BCUT2D eigenvalue weighted by molar-refractivity contribution is -0.119. The highest BCUT2D eigenvalue weighted by atomic mass is 16.5. The quantitative estimate of drug-likeness (QED) is 0.410. The Kier molecular flexibility index (Phi) is 7.25. The summed E-state index contributed by atoms with van der Waals surface area (Å²) in [6.45, 7) is 5.95. The number of amides is 1. The van der Waals surface area contributed by atoms with Crippen molar-refractivity contribution in [2.75, 3.05) is 39.9 Å². The molecule has 3 N–H and O–H groups in total. The molecular formula is C13H26N4O2. The molecule has 0 aliphatic carbocycles. The van der Waals surface area contributed by atoms with Crippen LogP contribution in [0.25, 0.3) is 0 Å². The van der Waals surface area contributed by atoms with Gasteiger partial charge in [0.2, 0.25) is 5.91 Å². The molecule has 1 atom stereocenters. The van der Waals surface area contributed by atoms with Gasteiger partial charge in [0.05, 0.1) is 6.61 Å². The summed E-state index contributed by atoms with van der Waals surface area (Å²) in [5, 5.41) is 3.28. The molecule has 1 fully saturated rings. The average molecular weight is 270 g/mol. The van der Waals surface area contributed by atoms with Gasteiger partial charge in [0.1, 0.15) is 0 Å². The number of hydrogen-bond donors (Lipinski definition) is 2. The van der Waals surface area contributed by atoms with Crippen molar-refractivity contribution in [1.82, 2.24) is 10.2 Å². The molecule has 0 aromatic heterocycles. The minimum absolute atomic E-state index is 0.217. The van der Waals surface area contributed by atoms with Gasteiger partial charge in [0.15, 0.2) is 5.96 Å². The van der Waals surface area contributed by atoms with Crippen LogP contribution < -0.4 is 11.1 Å². The Balaban J connectivity index is 2.40. The van der Waals surface area contributed by atoms with Crippen LogP contribution in [0.3, 0.4) is 0 Å². The minimum Gasteiger partial charge on any atom is -0.380 e. The number of hydrogen-bond acceptors (Lipinski definition) is 3. The number of carbonyl (C=O) groups is 1. The number of nitrogens with zero attached hydrogens (tertiary/aromatic N) is 2. The second kappa shape index (κ2) is 8.74. The molecule has 1 rings (SSSR count). The van der Waals surface area contributed by atoms with Gasteiger partial charge in [-0.15, -0.1) is 0 Å². The molecule has 0 bridgehead atoms. The molecule has 1 heterocycles. The van der Waals surface area contributed by atoms with Gasteiger partial charge in [-0.05, 0) is 25.7 Å². The normalized spacial score (nSPS) is 20.4. The SMILES string of the molecule is CCOCCNC(=NC)N1CCCC(CC(N)=O)C1. The van der Waals surface area contributed by atoms with Crippen molar-refractivity contribution in [1.29, 1.82) is 0 Å². The third-order valence-corrected chi connectivity index (χ3v) is 3.25. The van der Waals surface area contributed by atoms with E-state index in [1.807, 2.05) is 6.92 Å². The fraction of sp³-hybridized carbons (Fsp3) is 0.846. The van der Waals surface area contributed by atoms with Crippen LogP contribution in [-0.4, -0.2) is 56.7 Å². The molecule has 19 heavy (non-hydrogen) atoms. The predicted molar refractivity (Wildman–Crippen MR) is 76.0 cm³/mol. The first-order valence-electron chi connectivity index (χ1n) is 6.99.